The van der Waals surface area contributed by atoms with Crippen LogP contribution in [-0.2, 0) is 0 Å². The lowest BCUT2D eigenvalue weighted by Gasteiger charge is -2.21. The number of nitrogens with zero attached hydrogens (tertiary/aromatic N) is 2. The van der Waals surface area contributed by atoms with E-state index in [-0.39, 0.29) is 30.3 Å². The molecule has 1 aromatic heterocycles. The Morgan fingerprint density at radius 1 is 1.55 bits per heavy atom. The first kappa shape index (κ1) is 17.0. The highest BCUT2D eigenvalue weighted by molar-refractivity contribution is 5.96. The number of hydrogen-bond acceptors (Lipinski definition) is 4. The van der Waals surface area contributed by atoms with Gasteiger partial charge in [-0.3, -0.25) is 4.79 Å². The quantitative estimate of drug-likeness (QED) is 0.930. The second kappa shape index (κ2) is 6.59. The minimum Gasteiger partial charge on any atom is -0.360 e. The summed E-state index contributed by atoms with van der Waals surface area (Å²) in [6.45, 7) is 9.28. The molecule has 1 fully saturated rings. The first-order valence-electron chi connectivity index (χ1n) is 6.92. The van der Waals surface area contributed by atoms with Gasteiger partial charge in [0.15, 0.2) is 5.76 Å². The SMILES string of the molecule is Cc1noc(C(C)C)c1C(=O)N1CC(CN)CC1C.Cl. The second-order valence-electron chi connectivity index (χ2n) is 5.81. The van der Waals surface area contributed by atoms with Crippen molar-refractivity contribution in [1.29, 1.82) is 0 Å². The van der Waals surface area contributed by atoms with Gasteiger partial charge in [-0.15, -0.1) is 12.4 Å². The summed E-state index contributed by atoms with van der Waals surface area (Å²) in [5.74, 6) is 1.28. The van der Waals surface area contributed by atoms with Gasteiger partial charge in [-0.25, -0.2) is 0 Å². The van der Waals surface area contributed by atoms with E-state index >= 15 is 0 Å². The van der Waals surface area contributed by atoms with Gasteiger partial charge in [-0.05, 0) is 32.7 Å². The van der Waals surface area contributed by atoms with Gasteiger partial charge in [0.25, 0.3) is 5.91 Å². The van der Waals surface area contributed by atoms with Crippen molar-refractivity contribution in [2.45, 2.75) is 46.1 Å². The first-order valence-corrected chi connectivity index (χ1v) is 6.92. The zero-order valence-electron chi connectivity index (χ0n) is 12.5. The number of aromatic nitrogens is 1. The number of halogens is 1. The van der Waals surface area contributed by atoms with Crippen LogP contribution >= 0.6 is 12.4 Å². The molecule has 2 atom stereocenters. The van der Waals surface area contributed by atoms with Crippen LogP contribution < -0.4 is 5.73 Å². The molecule has 0 aliphatic carbocycles. The molecule has 0 saturated carbocycles. The van der Waals surface area contributed by atoms with Crippen LogP contribution in [0.3, 0.4) is 0 Å². The Morgan fingerprint density at radius 2 is 2.20 bits per heavy atom. The Hall–Kier alpha value is -1.07. The molecule has 2 rings (SSSR count). The zero-order chi connectivity index (χ0) is 14.2. The van der Waals surface area contributed by atoms with E-state index in [0.29, 0.717) is 29.5 Å². The van der Waals surface area contributed by atoms with Crippen LogP contribution in [0.15, 0.2) is 4.52 Å². The molecular formula is C14H24ClN3O2. The van der Waals surface area contributed by atoms with E-state index in [9.17, 15) is 4.79 Å². The summed E-state index contributed by atoms with van der Waals surface area (Å²) in [4.78, 5) is 14.6. The van der Waals surface area contributed by atoms with E-state index in [1.807, 2.05) is 25.7 Å². The van der Waals surface area contributed by atoms with Gasteiger partial charge in [0.1, 0.15) is 5.56 Å². The predicted octanol–water partition coefficient (Wildman–Crippen LogP) is 2.34. The molecule has 1 aliphatic rings. The highest BCUT2D eigenvalue weighted by Gasteiger charge is 2.35. The summed E-state index contributed by atoms with van der Waals surface area (Å²) >= 11 is 0. The Balaban J connectivity index is 0.00000200. The molecular weight excluding hydrogens is 278 g/mol. The molecule has 0 bridgehead atoms. The number of aryl methyl sites for hydroxylation is 1. The average molecular weight is 302 g/mol. The van der Waals surface area contributed by atoms with Crippen molar-refractivity contribution in [3.63, 3.8) is 0 Å². The van der Waals surface area contributed by atoms with E-state index in [1.165, 1.54) is 0 Å². The molecule has 2 unspecified atom stereocenters. The fourth-order valence-electron chi connectivity index (χ4n) is 2.78. The van der Waals surface area contributed by atoms with Crippen molar-refractivity contribution in [2.75, 3.05) is 13.1 Å². The fraction of sp³-hybridized carbons (Fsp3) is 0.714. The molecule has 1 aliphatic heterocycles. The maximum atomic E-state index is 12.7. The molecule has 1 aromatic rings. The van der Waals surface area contributed by atoms with Crippen molar-refractivity contribution in [1.82, 2.24) is 10.1 Å². The number of likely N-dealkylation sites (tertiary alicyclic amines) is 1. The Morgan fingerprint density at radius 3 is 2.70 bits per heavy atom. The van der Waals surface area contributed by atoms with E-state index in [4.69, 9.17) is 10.3 Å². The van der Waals surface area contributed by atoms with E-state index in [0.717, 1.165) is 13.0 Å². The second-order valence-corrected chi connectivity index (χ2v) is 5.81. The summed E-state index contributed by atoms with van der Waals surface area (Å²) in [5, 5.41) is 3.95. The highest BCUT2D eigenvalue weighted by Crippen LogP contribution is 2.28. The number of carbonyl (C=O) groups is 1. The lowest BCUT2D eigenvalue weighted by Crippen LogP contribution is -2.35. The third-order valence-electron chi connectivity index (χ3n) is 3.88. The first-order chi connectivity index (χ1) is 8.95. The maximum Gasteiger partial charge on any atom is 0.259 e. The molecule has 6 heteroatoms. The summed E-state index contributed by atoms with van der Waals surface area (Å²) in [5.41, 5.74) is 7.03. The van der Waals surface area contributed by atoms with Gasteiger partial charge in [-0.2, -0.15) is 0 Å². The highest BCUT2D eigenvalue weighted by atomic mass is 35.5. The average Bonchev–Trinajstić information content (AvgIpc) is 2.91. The van der Waals surface area contributed by atoms with Gasteiger partial charge >= 0.3 is 0 Å². The summed E-state index contributed by atoms with van der Waals surface area (Å²) in [6.07, 6.45) is 0.976. The van der Waals surface area contributed by atoms with Gasteiger partial charge in [0.05, 0.1) is 5.69 Å². The number of nitrogens with two attached hydrogens (primary N) is 1. The summed E-state index contributed by atoms with van der Waals surface area (Å²) < 4.78 is 5.30. The Bertz CT molecular complexity index is 473. The van der Waals surface area contributed by atoms with Crippen molar-refractivity contribution in [3.05, 3.63) is 17.0 Å². The molecule has 5 nitrogen and oxygen atoms in total. The van der Waals surface area contributed by atoms with Crippen LogP contribution in [0, 0.1) is 12.8 Å². The topological polar surface area (TPSA) is 72.4 Å². The maximum absolute atomic E-state index is 12.7. The monoisotopic (exact) mass is 301 g/mol. The standard InChI is InChI=1S/C14H23N3O2.ClH/c1-8(2)13-12(10(4)16-19-13)14(18)17-7-11(6-15)5-9(17)3;/h8-9,11H,5-7,15H2,1-4H3;1H. The lowest BCUT2D eigenvalue weighted by atomic mass is 10.0. The smallest absolute Gasteiger partial charge is 0.259 e. The van der Waals surface area contributed by atoms with E-state index in [1.54, 1.807) is 0 Å². The summed E-state index contributed by atoms with van der Waals surface area (Å²) in [7, 11) is 0. The van der Waals surface area contributed by atoms with Gasteiger partial charge < -0.3 is 15.2 Å². The summed E-state index contributed by atoms with van der Waals surface area (Å²) in [6, 6.07) is 0.232. The van der Waals surface area contributed by atoms with Crippen LogP contribution in [0.1, 0.15) is 54.9 Å². The number of amides is 1. The lowest BCUT2D eigenvalue weighted by molar-refractivity contribution is 0.0740. The van der Waals surface area contributed by atoms with Crippen molar-refractivity contribution >= 4 is 18.3 Å². The van der Waals surface area contributed by atoms with Gasteiger partial charge in [-0.1, -0.05) is 19.0 Å². The molecule has 0 aromatic carbocycles. The molecule has 0 radical (unpaired) electrons. The van der Waals surface area contributed by atoms with E-state index in [2.05, 4.69) is 12.1 Å². The fourth-order valence-corrected chi connectivity index (χ4v) is 2.78. The molecule has 2 N–H and O–H groups in total. The number of hydrogen-bond donors (Lipinski definition) is 1. The predicted molar refractivity (Wildman–Crippen MR) is 80.2 cm³/mol. The van der Waals surface area contributed by atoms with Crippen molar-refractivity contribution in [3.8, 4) is 0 Å². The van der Waals surface area contributed by atoms with Crippen molar-refractivity contribution < 1.29 is 9.32 Å². The van der Waals surface area contributed by atoms with Gasteiger partial charge in [0, 0.05) is 18.5 Å². The van der Waals surface area contributed by atoms with Crippen LogP contribution in [0.5, 0.6) is 0 Å². The van der Waals surface area contributed by atoms with E-state index < -0.39 is 0 Å². The number of carbonyl (C=O) groups excluding carboxylic acids is 1. The van der Waals surface area contributed by atoms with Gasteiger partial charge in [0.2, 0.25) is 0 Å². The van der Waals surface area contributed by atoms with Crippen LogP contribution in [0.25, 0.3) is 0 Å². The molecule has 2 heterocycles. The molecule has 1 saturated heterocycles. The molecule has 20 heavy (non-hydrogen) atoms. The normalized spacial score (nSPS) is 22.2. The third-order valence-corrected chi connectivity index (χ3v) is 3.88. The minimum absolute atomic E-state index is 0. The number of rotatable bonds is 3. The van der Waals surface area contributed by atoms with Crippen molar-refractivity contribution in [2.24, 2.45) is 11.7 Å². The largest absolute Gasteiger partial charge is 0.360 e. The molecule has 1 amide bonds. The van der Waals surface area contributed by atoms with Crippen LogP contribution in [-0.4, -0.2) is 35.1 Å². The Labute approximate surface area is 126 Å². The minimum atomic E-state index is 0. The third kappa shape index (κ3) is 2.99. The Kier molecular flexibility index (Phi) is 5.59. The molecule has 114 valence electrons. The van der Waals surface area contributed by atoms with Crippen LogP contribution in [0.4, 0.5) is 0 Å². The zero-order valence-corrected chi connectivity index (χ0v) is 13.4. The van der Waals surface area contributed by atoms with Crippen LogP contribution in [0.2, 0.25) is 0 Å². The molecule has 0 spiro atoms.